The maximum atomic E-state index is 14.2. The maximum absolute atomic E-state index is 14.2. The molecule has 1 aromatic heterocycles. The molecule has 0 aliphatic heterocycles. The second-order valence-electron chi connectivity index (χ2n) is 4.08. The van der Waals surface area contributed by atoms with E-state index in [9.17, 15) is 4.39 Å². The molecule has 20 heavy (non-hydrogen) atoms. The van der Waals surface area contributed by atoms with E-state index in [0.29, 0.717) is 33.5 Å². The summed E-state index contributed by atoms with van der Waals surface area (Å²) >= 11 is 1.26. The van der Waals surface area contributed by atoms with E-state index in [-0.39, 0.29) is 5.82 Å². The van der Waals surface area contributed by atoms with E-state index in [1.54, 1.807) is 19.4 Å². The predicted molar refractivity (Wildman–Crippen MR) is 77.9 cm³/mol. The number of methoxy groups -OCH3 is 2. The highest BCUT2D eigenvalue weighted by molar-refractivity contribution is 7.98. The van der Waals surface area contributed by atoms with Gasteiger partial charge < -0.3 is 15.2 Å². The second-order valence-corrected chi connectivity index (χ2v) is 4.90. The molecule has 2 rings (SSSR count). The molecule has 1 heterocycles. The fraction of sp³-hybridized carbons (Fsp3) is 0.308. The van der Waals surface area contributed by atoms with Gasteiger partial charge in [0.05, 0.1) is 30.4 Å². The van der Waals surface area contributed by atoms with Gasteiger partial charge in [-0.25, -0.2) is 4.39 Å². The molecule has 5 nitrogen and oxygen atoms in total. The topological polar surface area (TPSA) is 62.3 Å². The standard InChI is InChI=1S/C13H16FN3O2S/c1-17-10(15)6-9(16-17)7-5-8(14)13(20-4)12(19-3)11(7)18-2/h5-6H,15H2,1-4H3. The van der Waals surface area contributed by atoms with E-state index < -0.39 is 0 Å². The smallest absolute Gasteiger partial charge is 0.177 e. The molecule has 0 unspecified atom stereocenters. The van der Waals surface area contributed by atoms with Gasteiger partial charge >= 0.3 is 0 Å². The van der Waals surface area contributed by atoms with E-state index in [0.717, 1.165) is 0 Å². The van der Waals surface area contributed by atoms with Crippen LogP contribution in [0.15, 0.2) is 17.0 Å². The van der Waals surface area contributed by atoms with Gasteiger partial charge in [-0.05, 0) is 12.3 Å². The monoisotopic (exact) mass is 297 g/mol. The van der Waals surface area contributed by atoms with Crippen LogP contribution in [0.2, 0.25) is 0 Å². The van der Waals surface area contributed by atoms with Crippen LogP contribution in [-0.4, -0.2) is 30.3 Å². The third-order valence-electron chi connectivity index (χ3n) is 2.95. The summed E-state index contributed by atoms with van der Waals surface area (Å²) in [6.45, 7) is 0. The molecular formula is C13H16FN3O2S. The number of nitrogens with two attached hydrogens (primary N) is 1. The first-order valence-electron chi connectivity index (χ1n) is 5.81. The highest BCUT2D eigenvalue weighted by atomic mass is 32.2. The quantitative estimate of drug-likeness (QED) is 0.879. The first-order valence-corrected chi connectivity index (χ1v) is 7.04. The van der Waals surface area contributed by atoms with Crippen LogP contribution < -0.4 is 15.2 Å². The number of nitrogen functional groups attached to an aromatic ring is 1. The Hall–Kier alpha value is -1.89. The van der Waals surface area contributed by atoms with Crippen LogP contribution in [-0.2, 0) is 7.05 Å². The number of thioether (sulfide) groups is 1. The zero-order valence-electron chi connectivity index (χ0n) is 11.7. The van der Waals surface area contributed by atoms with E-state index in [1.807, 2.05) is 0 Å². The summed E-state index contributed by atoms with van der Waals surface area (Å²) in [5.74, 6) is 0.903. The number of ether oxygens (including phenoxy) is 2. The number of anilines is 1. The van der Waals surface area contributed by atoms with Gasteiger partial charge in [0.25, 0.3) is 0 Å². The summed E-state index contributed by atoms with van der Waals surface area (Å²) in [4.78, 5) is 0.400. The number of hydrogen-bond acceptors (Lipinski definition) is 5. The lowest BCUT2D eigenvalue weighted by Crippen LogP contribution is -1.99. The minimum Gasteiger partial charge on any atom is -0.492 e. The van der Waals surface area contributed by atoms with Gasteiger partial charge in [-0.2, -0.15) is 5.10 Å². The SMILES string of the molecule is COc1c(-c2cc(N)n(C)n2)cc(F)c(SC)c1OC. The number of aryl methyl sites for hydroxylation is 1. The van der Waals surface area contributed by atoms with Crippen LogP contribution in [0.25, 0.3) is 11.3 Å². The summed E-state index contributed by atoms with van der Waals surface area (Å²) in [6, 6.07) is 3.05. The van der Waals surface area contributed by atoms with Gasteiger partial charge in [-0.15, -0.1) is 11.8 Å². The molecule has 108 valence electrons. The van der Waals surface area contributed by atoms with Crippen LogP contribution in [0.5, 0.6) is 11.5 Å². The Labute approximate surface area is 120 Å². The molecule has 0 aliphatic carbocycles. The van der Waals surface area contributed by atoms with Crippen molar-refractivity contribution in [3.63, 3.8) is 0 Å². The number of hydrogen-bond donors (Lipinski definition) is 1. The average molecular weight is 297 g/mol. The average Bonchev–Trinajstić information content (AvgIpc) is 2.77. The highest BCUT2D eigenvalue weighted by Gasteiger charge is 2.22. The van der Waals surface area contributed by atoms with Crippen molar-refractivity contribution >= 4 is 17.6 Å². The van der Waals surface area contributed by atoms with Crippen LogP contribution in [0.3, 0.4) is 0 Å². The Balaban J connectivity index is 2.73. The summed E-state index contributed by atoms with van der Waals surface area (Å²) in [5, 5.41) is 4.24. The molecule has 0 bridgehead atoms. The summed E-state index contributed by atoms with van der Waals surface area (Å²) < 4.78 is 26.4. The minimum atomic E-state index is -0.380. The Kier molecular flexibility index (Phi) is 4.08. The first kappa shape index (κ1) is 14.5. The molecule has 0 radical (unpaired) electrons. The molecule has 2 N–H and O–H groups in total. The van der Waals surface area contributed by atoms with Crippen molar-refractivity contribution in [3.05, 3.63) is 17.9 Å². The van der Waals surface area contributed by atoms with Crippen molar-refractivity contribution in [3.8, 4) is 22.8 Å². The Morgan fingerprint density at radius 2 is 1.90 bits per heavy atom. The van der Waals surface area contributed by atoms with Crippen molar-refractivity contribution in [2.75, 3.05) is 26.2 Å². The summed E-state index contributed by atoms with van der Waals surface area (Å²) in [7, 11) is 4.71. The van der Waals surface area contributed by atoms with Crippen LogP contribution in [0.1, 0.15) is 0 Å². The zero-order valence-corrected chi connectivity index (χ0v) is 12.5. The number of nitrogens with zero attached hydrogens (tertiary/aromatic N) is 2. The third-order valence-corrected chi connectivity index (χ3v) is 3.74. The lowest BCUT2D eigenvalue weighted by molar-refractivity contribution is 0.344. The molecule has 0 spiro atoms. The number of rotatable bonds is 4. The summed E-state index contributed by atoms with van der Waals surface area (Å²) in [6.07, 6.45) is 1.78. The number of halogens is 1. The van der Waals surface area contributed by atoms with E-state index in [1.165, 1.54) is 36.7 Å². The Morgan fingerprint density at radius 1 is 1.25 bits per heavy atom. The predicted octanol–water partition coefficient (Wildman–Crippen LogP) is 2.55. The van der Waals surface area contributed by atoms with Crippen molar-refractivity contribution in [2.45, 2.75) is 4.90 Å². The molecule has 0 saturated heterocycles. The Morgan fingerprint density at radius 3 is 2.35 bits per heavy atom. The van der Waals surface area contributed by atoms with Gasteiger partial charge in [0.2, 0.25) is 0 Å². The van der Waals surface area contributed by atoms with E-state index in [2.05, 4.69) is 5.10 Å². The molecule has 0 atom stereocenters. The van der Waals surface area contributed by atoms with Crippen LogP contribution in [0, 0.1) is 5.82 Å². The third kappa shape index (κ3) is 2.29. The van der Waals surface area contributed by atoms with Crippen LogP contribution >= 0.6 is 11.8 Å². The number of aromatic nitrogens is 2. The normalized spacial score (nSPS) is 10.7. The first-order chi connectivity index (χ1) is 9.53. The summed E-state index contributed by atoms with van der Waals surface area (Å²) in [5.41, 5.74) is 6.81. The molecule has 7 heteroatoms. The van der Waals surface area contributed by atoms with Crippen molar-refractivity contribution in [1.82, 2.24) is 9.78 Å². The molecule has 0 amide bonds. The molecule has 0 saturated carbocycles. The molecule has 1 aromatic carbocycles. The van der Waals surface area contributed by atoms with Crippen molar-refractivity contribution in [2.24, 2.45) is 7.05 Å². The zero-order chi connectivity index (χ0) is 14.9. The van der Waals surface area contributed by atoms with Gasteiger partial charge in [0.15, 0.2) is 11.5 Å². The van der Waals surface area contributed by atoms with Gasteiger partial charge in [-0.3, -0.25) is 4.68 Å². The highest BCUT2D eigenvalue weighted by Crippen LogP contribution is 2.45. The van der Waals surface area contributed by atoms with Gasteiger partial charge in [0.1, 0.15) is 11.6 Å². The molecule has 0 aliphatic rings. The molecular weight excluding hydrogens is 281 g/mol. The number of benzene rings is 1. The molecule has 2 aromatic rings. The van der Waals surface area contributed by atoms with Crippen molar-refractivity contribution in [1.29, 1.82) is 0 Å². The van der Waals surface area contributed by atoms with E-state index >= 15 is 0 Å². The van der Waals surface area contributed by atoms with Gasteiger partial charge in [-0.1, -0.05) is 0 Å². The Bertz CT molecular complexity index is 624. The fourth-order valence-electron chi connectivity index (χ4n) is 1.97. The second kappa shape index (κ2) is 5.62. The fourth-order valence-corrected chi connectivity index (χ4v) is 2.59. The maximum Gasteiger partial charge on any atom is 0.177 e. The minimum absolute atomic E-state index is 0.360. The lowest BCUT2D eigenvalue weighted by atomic mass is 10.1. The largest absolute Gasteiger partial charge is 0.492 e. The van der Waals surface area contributed by atoms with Gasteiger partial charge in [0, 0.05) is 13.1 Å². The molecule has 0 fully saturated rings. The lowest BCUT2D eigenvalue weighted by Gasteiger charge is -2.15. The van der Waals surface area contributed by atoms with E-state index in [4.69, 9.17) is 15.2 Å². The van der Waals surface area contributed by atoms with Crippen LogP contribution in [0.4, 0.5) is 10.2 Å². The van der Waals surface area contributed by atoms with Crippen molar-refractivity contribution < 1.29 is 13.9 Å².